The quantitative estimate of drug-likeness (QED) is 0.461. The first-order valence-electron chi connectivity index (χ1n) is 5.73. The van der Waals surface area contributed by atoms with Crippen molar-refractivity contribution in [3.8, 4) is 11.6 Å². The number of nitrogens with zero attached hydrogens (tertiary/aromatic N) is 2. The maximum Gasteiger partial charge on any atom is 0.232 e. The molecule has 1 heterocycles. The van der Waals surface area contributed by atoms with Crippen LogP contribution in [0.3, 0.4) is 0 Å². The normalized spacial score (nSPS) is 9.89. The number of hydrogen-bond acceptors (Lipinski definition) is 5. The van der Waals surface area contributed by atoms with E-state index in [0.29, 0.717) is 24.8 Å². The van der Waals surface area contributed by atoms with E-state index in [1.54, 1.807) is 0 Å². The van der Waals surface area contributed by atoms with Crippen LogP contribution >= 0.6 is 0 Å². The lowest BCUT2D eigenvalue weighted by atomic mass is 10.3. The number of ether oxygens (including phenoxy) is 2. The van der Waals surface area contributed by atoms with E-state index < -0.39 is 0 Å². The average molecular weight is 258 g/mol. The van der Waals surface area contributed by atoms with Crippen molar-refractivity contribution in [1.82, 2.24) is 9.97 Å². The maximum atomic E-state index is 7.18. The van der Waals surface area contributed by atoms with E-state index in [-0.39, 0.29) is 5.84 Å². The van der Waals surface area contributed by atoms with E-state index >= 15 is 0 Å². The molecule has 0 amide bonds. The van der Waals surface area contributed by atoms with Gasteiger partial charge in [-0.05, 0) is 12.1 Å². The fourth-order valence-corrected chi connectivity index (χ4v) is 1.35. The summed E-state index contributed by atoms with van der Waals surface area (Å²) in [5.41, 5.74) is 5.60. The molecule has 0 radical (unpaired) electrons. The molecule has 6 heteroatoms. The van der Waals surface area contributed by atoms with E-state index in [9.17, 15) is 0 Å². The molecule has 3 N–H and O–H groups in total. The van der Waals surface area contributed by atoms with Gasteiger partial charge in [0.05, 0.1) is 12.4 Å². The zero-order chi connectivity index (χ0) is 13.5. The summed E-state index contributed by atoms with van der Waals surface area (Å²) in [6.07, 6.45) is 2.83. The number of aromatic nitrogens is 2. The molecular formula is C13H14N4O2. The first-order valence-corrected chi connectivity index (χ1v) is 5.73. The SMILES string of the molecule is N=C(N)c1cnc(OCCOc2ccccc2)cn1. The Morgan fingerprint density at radius 3 is 2.42 bits per heavy atom. The van der Waals surface area contributed by atoms with Crippen LogP contribution in [0, 0.1) is 5.41 Å². The van der Waals surface area contributed by atoms with Gasteiger partial charge in [0.15, 0.2) is 0 Å². The van der Waals surface area contributed by atoms with Crippen LogP contribution in [0.1, 0.15) is 5.69 Å². The molecule has 98 valence electrons. The fourth-order valence-electron chi connectivity index (χ4n) is 1.35. The van der Waals surface area contributed by atoms with E-state index in [1.807, 2.05) is 30.3 Å². The highest BCUT2D eigenvalue weighted by Gasteiger charge is 2.00. The Labute approximate surface area is 110 Å². The Hall–Kier alpha value is -2.63. The molecule has 6 nitrogen and oxygen atoms in total. The van der Waals surface area contributed by atoms with Crippen molar-refractivity contribution >= 4 is 5.84 Å². The van der Waals surface area contributed by atoms with Gasteiger partial charge in [-0.2, -0.15) is 0 Å². The van der Waals surface area contributed by atoms with Crippen LogP contribution in [0.4, 0.5) is 0 Å². The summed E-state index contributed by atoms with van der Waals surface area (Å²) in [5.74, 6) is 1.05. The van der Waals surface area contributed by atoms with Crippen LogP contribution in [0.25, 0.3) is 0 Å². The molecule has 0 fully saturated rings. The second-order valence-corrected chi connectivity index (χ2v) is 3.66. The molecule has 0 aliphatic carbocycles. The Bertz CT molecular complexity index is 528. The summed E-state index contributed by atoms with van der Waals surface area (Å²) in [6, 6.07) is 9.49. The molecule has 0 aliphatic heterocycles. The summed E-state index contributed by atoms with van der Waals surface area (Å²) in [5, 5.41) is 7.18. The maximum absolute atomic E-state index is 7.18. The molecule has 0 unspecified atom stereocenters. The van der Waals surface area contributed by atoms with Gasteiger partial charge in [0, 0.05) is 0 Å². The van der Waals surface area contributed by atoms with Crippen molar-refractivity contribution in [3.05, 3.63) is 48.4 Å². The van der Waals surface area contributed by atoms with Crippen molar-refractivity contribution in [1.29, 1.82) is 5.41 Å². The molecule has 0 saturated carbocycles. The molecule has 2 aromatic rings. The lowest BCUT2D eigenvalue weighted by molar-refractivity contribution is 0.211. The third-order valence-corrected chi connectivity index (χ3v) is 2.25. The first kappa shape index (κ1) is 12.8. The summed E-state index contributed by atoms with van der Waals surface area (Å²) in [4.78, 5) is 7.92. The van der Waals surface area contributed by atoms with Gasteiger partial charge in [0.25, 0.3) is 0 Å². The van der Waals surface area contributed by atoms with Gasteiger partial charge in [-0.15, -0.1) is 0 Å². The number of hydrogen-bond donors (Lipinski definition) is 2. The molecule has 0 spiro atoms. The number of amidine groups is 1. The fraction of sp³-hybridized carbons (Fsp3) is 0.154. The standard InChI is InChI=1S/C13H14N4O2/c14-13(15)11-8-17-12(9-16-11)19-7-6-18-10-4-2-1-3-5-10/h1-5,8-9H,6-7H2,(H3,14,15). The molecular weight excluding hydrogens is 244 g/mol. The number of benzene rings is 1. The molecule has 1 aromatic carbocycles. The molecule has 19 heavy (non-hydrogen) atoms. The van der Waals surface area contributed by atoms with Crippen molar-refractivity contribution in [3.63, 3.8) is 0 Å². The van der Waals surface area contributed by atoms with Gasteiger partial charge in [-0.1, -0.05) is 18.2 Å². The van der Waals surface area contributed by atoms with E-state index in [4.69, 9.17) is 20.6 Å². The van der Waals surface area contributed by atoms with Crippen molar-refractivity contribution in [2.45, 2.75) is 0 Å². The Kier molecular flexibility index (Phi) is 4.28. The highest BCUT2D eigenvalue weighted by Crippen LogP contribution is 2.08. The minimum absolute atomic E-state index is 0.119. The number of nitrogens with one attached hydrogen (secondary N) is 1. The average Bonchev–Trinajstić information content (AvgIpc) is 2.45. The first-order chi connectivity index (χ1) is 9.25. The van der Waals surface area contributed by atoms with E-state index in [0.717, 1.165) is 5.75 Å². The second-order valence-electron chi connectivity index (χ2n) is 3.66. The van der Waals surface area contributed by atoms with E-state index in [1.165, 1.54) is 12.4 Å². The largest absolute Gasteiger partial charge is 0.490 e. The number of para-hydroxylation sites is 1. The van der Waals surface area contributed by atoms with E-state index in [2.05, 4.69) is 9.97 Å². The predicted octanol–water partition coefficient (Wildman–Crippen LogP) is 1.22. The van der Waals surface area contributed by atoms with Crippen LogP contribution in [0.2, 0.25) is 0 Å². The third-order valence-electron chi connectivity index (χ3n) is 2.25. The minimum atomic E-state index is -0.119. The molecule has 1 aromatic heterocycles. The topological polar surface area (TPSA) is 94.1 Å². The van der Waals surface area contributed by atoms with Crippen LogP contribution in [-0.4, -0.2) is 29.0 Å². The zero-order valence-corrected chi connectivity index (χ0v) is 10.2. The van der Waals surface area contributed by atoms with Gasteiger partial charge >= 0.3 is 0 Å². The van der Waals surface area contributed by atoms with Crippen molar-refractivity contribution in [2.75, 3.05) is 13.2 Å². The highest BCUT2D eigenvalue weighted by molar-refractivity contribution is 5.92. The molecule has 0 saturated heterocycles. The van der Waals surface area contributed by atoms with Gasteiger partial charge in [0.2, 0.25) is 5.88 Å². The summed E-state index contributed by atoms with van der Waals surface area (Å²) in [7, 11) is 0. The van der Waals surface area contributed by atoms with Gasteiger partial charge < -0.3 is 15.2 Å². The van der Waals surface area contributed by atoms with Gasteiger partial charge in [-0.3, -0.25) is 5.41 Å². The Morgan fingerprint density at radius 1 is 1.05 bits per heavy atom. The summed E-state index contributed by atoms with van der Waals surface area (Å²) >= 11 is 0. The van der Waals surface area contributed by atoms with Crippen LogP contribution in [0.15, 0.2) is 42.7 Å². The van der Waals surface area contributed by atoms with Crippen LogP contribution < -0.4 is 15.2 Å². The Morgan fingerprint density at radius 2 is 1.79 bits per heavy atom. The summed E-state index contributed by atoms with van der Waals surface area (Å²) < 4.78 is 10.8. The van der Waals surface area contributed by atoms with Gasteiger partial charge in [-0.25, -0.2) is 9.97 Å². The lowest BCUT2D eigenvalue weighted by Gasteiger charge is -2.07. The Balaban J connectivity index is 1.75. The second kappa shape index (κ2) is 6.34. The number of nitrogen functional groups attached to an aromatic ring is 1. The summed E-state index contributed by atoms with van der Waals surface area (Å²) in [6.45, 7) is 0.781. The highest BCUT2D eigenvalue weighted by atomic mass is 16.5. The lowest BCUT2D eigenvalue weighted by Crippen LogP contribution is -2.14. The molecule has 0 atom stereocenters. The van der Waals surface area contributed by atoms with Crippen LogP contribution in [-0.2, 0) is 0 Å². The third kappa shape index (κ3) is 3.95. The number of nitrogens with two attached hydrogens (primary N) is 1. The van der Waals surface area contributed by atoms with Crippen LogP contribution in [0.5, 0.6) is 11.6 Å². The van der Waals surface area contributed by atoms with Crippen molar-refractivity contribution in [2.24, 2.45) is 5.73 Å². The van der Waals surface area contributed by atoms with Crippen molar-refractivity contribution < 1.29 is 9.47 Å². The molecule has 0 aliphatic rings. The smallest absolute Gasteiger partial charge is 0.232 e. The monoisotopic (exact) mass is 258 g/mol. The minimum Gasteiger partial charge on any atom is -0.490 e. The van der Waals surface area contributed by atoms with Gasteiger partial charge in [0.1, 0.15) is 30.5 Å². The number of rotatable bonds is 6. The molecule has 0 bridgehead atoms. The zero-order valence-electron chi connectivity index (χ0n) is 10.2. The predicted molar refractivity (Wildman–Crippen MR) is 70.5 cm³/mol. The molecule has 2 rings (SSSR count).